The van der Waals surface area contributed by atoms with Crippen molar-refractivity contribution in [2.45, 2.75) is 19.5 Å². The number of hydrogen-bond donors (Lipinski definition) is 0. The lowest BCUT2D eigenvalue weighted by Crippen LogP contribution is -2.39. The van der Waals surface area contributed by atoms with Crippen LogP contribution in [0.5, 0.6) is 0 Å². The van der Waals surface area contributed by atoms with Crippen molar-refractivity contribution in [1.82, 2.24) is 19.4 Å². The highest BCUT2D eigenvalue weighted by atomic mass is 35.5. The number of amides is 1. The van der Waals surface area contributed by atoms with Gasteiger partial charge in [0, 0.05) is 37.6 Å². The van der Waals surface area contributed by atoms with Gasteiger partial charge in [-0.15, -0.1) is 11.3 Å². The maximum atomic E-state index is 13.2. The molecule has 0 unspecified atom stereocenters. The van der Waals surface area contributed by atoms with Crippen LogP contribution in [0.4, 0.5) is 0 Å². The Morgan fingerprint density at radius 2 is 1.97 bits per heavy atom. The predicted molar refractivity (Wildman–Crippen MR) is 121 cm³/mol. The molecule has 0 spiro atoms. The summed E-state index contributed by atoms with van der Waals surface area (Å²) in [4.78, 5) is 36.6. The van der Waals surface area contributed by atoms with Crippen molar-refractivity contribution < 1.29 is 9.53 Å². The maximum absolute atomic E-state index is 13.2. The number of morpholine rings is 1. The van der Waals surface area contributed by atoms with Crippen LogP contribution in [0.15, 0.2) is 35.4 Å². The van der Waals surface area contributed by atoms with E-state index in [2.05, 4.69) is 9.88 Å². The molecule has 1 aromatic carbocycles. The molecule has 0 radical (unpaired) electrons. The number of aromatic nitrogens is 2. The van der Waals surface area contributed by atoms with Gasteiger partial charge in [0.15, 0.2) is 0 Å². The van der Waals surface area contributed by atoms with Gasteiger partial charge in [-0.05, 0) is 24.1 Å². The first-order valence-corrected chi connectivity index (χ1v) is 11.6. The van der Waals surface area contributed by atoms with Crippen LogP contribution >= 0.6 is 22.9 Å². The van der Waals surface area contributed by atoms with Crippen molar-refractivity contribution >= 4 is 39.1 Å². The second-order valence-corrected chi connectivity index (χ2v) is 9.33. The van der Waals surface area contributed by atoms with Crippen LogP contribution in [-0.4, -0.2) is 64.7 Å². The number of rotatable bonds is 4. The molecule has 0 saturated carbocycles. The van der Waals surface area contributed by atoms with E-state index >= 15 is 0 Å². The topological polar surface area (TPSA) is 67.7 Å². The predicted octanol–water partition coefficient (Wildman–Crippen LogP) is 2.64. The molecule has 162 valence electrons. The summed E-state index contributed by atoms with van der Waals surface area (Å²) in [6.07, 6.45) is 2.30. The quantitative estimate of drug-likeness (QED) is 0.601. The molecule has 2 aliphatic heterocycles. The molecule has 0 atom stereocenters. The molecule has 2 aromatic heterocycles. The van der Waals surface area contributed by atoms with E-state index in [0.29, 0.717) is 42.0 Å². The third-order valence-electron chi connectivity index (χ3n) is 5.98. The van der Waals surface area contributed by atoms with Gasteiger partial charge in [-0.2, -0.15) is 0 Å². The van der Waals surface area contributed by atoms with Crippen molar-refractivity contribution in [1.29, 1.82) is 0 Å². The molecule has 5 rings (SSSR count). The van der Waals surface area contributed by atoms with Gasteiger partial charge in [0.25, 0.3) is 11.5 Å². The van der Waals surface area contributed by atoms with Crippen molar-refractivity contribution in [2.24, 2.45) is 0 Å². The molecule has 3 aromatic rings. The van der Waals surface area contributed by atoms with Crippen LogP contribution in [0, 0.1) is 0 Å². The number of ether oxygens (including phenoxy) is 1. The fourth-order valence-electron chi connectivity index (χ4n) is 4.23. The summed E-state index contributed by atoms with van der Waals surface area (Å²) in [5.41, 5.74) is 1.57. The third-order valence-corrected chi connectivity index (χ3v) is 7.43. The zero-order valence-electron chi connectivity index (χ0n) is 17.1. The number of carbonyl (C=O) groups is 1. The second-order valence-electron chi connectivity index (χ2n) is 7.84. The monoisotopic (exact) mass is 458 g/mol. The fourth-order valence-corrected chi connectivity index (χ4v) is 5.64. The molecule has 9 heteroatoms. The molecule has 0 N–H and O–H groups in total. The normalized spacial score (nSPS) is 17.1. The van der Waals surface area contributed by atoms with Crippen molar-refractivity contribution in [2.75, 3.05) is 39.4 Å². The maximum Gasteiger partial charge on any atom is 0.262 e. The number of thiophene rings is 1. The zero-order valence-corrected chi connectivity index (χ0v) is 18.6. The Bertz CT molecular complexity index is 1190. The third kappa shape index (κ3) is 4.01. The largest absolute Gasteiger partial charge is 0.379 e. The summed E-state index contributed by atoms with van der Waals surface area (Å²) in [7, 11) is 0. The molecule has 31 heavy (non-hydrogen) atoms. The van der Waals surface area contributed by atoms with E-state index in [-0.39, 0.29) is 11.5 Å². The van der Waals surface area contributed by atoms with E-state index in [1.54, 1.807) is 27.9 Å². The number of nitrogens with zero attached hydrogens (tertiary/aromatic N) is 4. The Balaban J connectivity index is 1.38. The van der Waals surface area contributed by atoms with Gasteiger partial charge < -0.3 is 9.64 Å². The van der Waals surface area contributed by atoms with E-state index < -0.39 is 0 Å². The van der Waals surface area contributed by atoms with Gasteiger partial charge >= 0.3 is 0 Å². The van der Waals surface area contributed by atoms with Crippen LogP contribution in [0.1, 0.15) is 20.8 Å². The van der Waals surface area contributed by atoms with E-state index in [9.17, 15) is 9.59 Å². The van der Waals surface area contributed by atoms with Gasteiger partial charge in [0.2, 0.25) is 0 Å². The van der Waals surface area contributed by atoms with Gasteiger partial charge in [-0.25, -0.2) is 4.98 Å². The molecular formula is C22H23ClN4O3S. The van der Waals surface area contributed by atoms with Crippen LogP contribution in [-0.2, 0) is 24.2 Å². The number of benzene rings is 1. The molecule has 2 aliphatic rings. The minimum Gasteiger partial charge on any atom is -0.379 e. The van der Waals surface area contributed by atoms with Crippen LogP contribution in [0.3, 0.4) is 0 Å². The van der Waals surface area contributed by atoms with Crippen molar-refractivity contribution in [3.63, 3.8) is 0 Å². The molecule has 0 aliphatic carbocycles. The summed E-state index contributed by atoms with van der Waals surface area (Å²) in [6.45, 7) is 5.74. The minimum absolute atomic E-state index is 0.0154. The highest BCUT2D eigenvalue weighted by molar-refractivity contribution is 7.18. The number of hydrogen-bond acceptors (Lipinski definition) is 6. The average Bonchev–Trinajstić information content (AvgIpc) is 3.18. The Kier molecular flexibility index (Phi) is 5.79. The van der Waals surface area contributed by atoms with Crippen LogP contribution in [0.2, 0.25) is 5.02 Å². The SMILES string of the molecule is O=C(c1ccccc1Cl)N1CCc2c(sc3ncn(CCN4CCOCC4)c(=O)c23)C1. The molecule has 0 bridgehead atoms. The van der Waals surface area contributed by atoms with Gasteiger partial charge in [-0.1, -0.05) is 23.7 Å². The molecule has 7 nitrogen and oxygen atoms in total. The zero-order chi connectivity index (χ0) is 21.4. The molecule has 4 heterocycles. The first-order chi connectivity index (χ1) is 15.1. The number of fused-ring (bicyclic) bond motifs is 3. The standard InChI is InChI=1S/C22H23ClN4O3S/c23-17-4-2-1-3-15(17)21(28)26-6-5-16-18(13-26)31-20-19(16)22(29)27(14-24-20)8-7-25-9-11-30-12-10-25/h1-4,14H,5-13H2. The fraction of sp³-hybridized carbons (Fsp3) is 0.409. The van der Waals surface area contributed by atoms with E-state index in [1.165, 1.54) is 11.3 Å². The van der Waals surface area contributed by atoms with Gasteiger partial charge in [0.05, 0.1) is 42.1 Å². The first-order valence-electron chi connectivity index (χ1n) is 10.5. The lowest BCUT2D eigenvalue weighted by Gasteiger charge is -2.27. The number of halogens is 1. The highest BCUT2D eigenvalue weighted by Gasteiger charge is 2.27. The van der Waals surface area contributed by atoms with Crippen LogP contribution in [0.25, 0.3) is 10.2 Å². The average molecular weight is 459 g/mol. The highest BCUT2D eigenvalue weighted by Crippen LogP contribution is 2.33. The summed E-state index contributed by atoms with van der Waals surface area (Å²) in [5.74, 6) is -0.0791. The number of carbonyl (C=O) groups excluding carboxylic acids is 1. The molecular weight excluding hydrogens is 436 g/mol. The Morgan fingerprint density at radius 3 is 2.77 bits per heavy atom. The van der Waals surface area contributed by atoms with Crippen molar-refractivity contribution in [3.8, 4) is 0 Å². The summed E-state index contributed by atoms with van der Waals surface area (Å²) < 4.78 is 7.10. The first kappa shape index (κ1) is 20.6. The Labute approximate surface area is 188 Å². The summed E-state index contributed by atoms with van der Waals surface area (Å²) in [5, 5.41) is 1.17. The van der Waals surface area contributed by atoms with E-state index in [1.807, 2.05) is 12.1 Å². The molecule has 1 amide bonds. The summed E-state index contributed by atoms with van der Waals surface area (Å²) in [6, 6.07) is 7.11. The van der Waals surface area contributed by atoms with E-state index in [4.69, 9.17) is 16.3 Å². The molecule has 1 saturated heterocycles. The van der Waals surface area contributed by atoms with Gasteiger partial charge in [-0.3, -0.25) is 19.1 Å². The van der Waals surface area contributed by atoms with E-state index in [0.717, 1.165) is 48.1 Å². The van der Waals surface area contributed by atoms with Crippen molar-refractivity contribution in [3.05, 3.63) is 62.0 Å². The smallest absolute Gasteiger partial charge is 0.262 e. The minimum atomic E-state index is -0.0791. The Hall–Kier alpha value is -2.26. The second kappa shape index (κ2) is 8.70. The summed E-state index contributed by atoms with van der Waals surface area (Å²) >= 11 is 7.73. The Morgan fingerprint density at radius 1 is 1.16 bits per heavy atom. The van der Waals surface area contributed by atoms with Gasteiger partial charge in [0.1, 0.15) is 4.83 Å². The lowest BCUT2D eigenvalue weighted by molar-refractivity contribution is 0.0362. The lowest BCUT2D eigenvalue weighted by atomic mass is 10.0. The van der Waals surface area contributed by atoms with Crippen LogP contribution < -0.4 is 5.56 Å². The molecule has 1 fully saturated rings.